The first-order valence-corrected chi connectivity index (χ1v) is 42.1. The number of carboxylic acid groups (broad SMARTS) is 1. The van der Waals surface area contributed by atoms with Crippen molar-refractivity contribution in [3.8, 4) is 5.75 Å². The van der Waals surface area contributed by atoms with Crippen molar-refractivity contribution in [3.63, 3.8) is 0 Å². The summed E-state index contributed by atoms with van der Waals surface area (Å²) in [5, 5.41) is 67.5. The first-order chi connectivity index (χ1) is 60.1. The van der Waals surface area contributed by atoms with Crippen LogP contribution in [-0.4, -0.2) is 234 Å². The average molecular weight is 1760 g/mol. The zero-order chi connectivity index (χ0) is 91.3. The number of aromatic hydroxyl groups is 1. The molecule has 9 rings (SSSR count). The van der Waals surface area contributed by atoms with Gasteiger partial charge >= 0.3 is 5.97 Å². The van der Waals surface area contributed by atoms with Crippen LogP contribution >= 0.6 is 11.8 Å². The van der Waals surface area contributed by atoms with Gasteiger partial charge in [-0.25, -0.2) is 4.98 Å². The lowest BCUT2D eigenvalue weighted by Gasteiger charge is -2.36. The fourth-order valence-electron chi connectivity index (χ4n) is 14.0. The molecule has 3 aromatic heterocycles. The van der Waals surface area contributed by atoms with E-state index in [-0.39, 0.29) is 74.4 Å². The second-order valence-electron chi connectivity index (χ2n) is 31.5. The molecule has 14 amide bonds. The van der Waals surface area contributed by atoms with E-state index in [2.05, 4.69) is 89.1 Å². The SMILES string of the molecule is CC(C)[C@@H]1NC(=O)[C@H](Cc2c[nH]c3ccccc23)NC(=O)[C@H](CC(=O)O)NC(=O)[C@H](C)NC(=O)c2ccccc2CSC(C)(C)[C@H](C(=O)N[C@@H](Cc2ccc(O)cc2)C(=O)N[C@@H](Cc2c[nH]c3ccccc23)C(=O)N[C@@H](Cc2cnc[nH]2)C(=O)N[C@H](C(=O)N[C@@H](Cc2ccccc2)C(=O)NCC(=O)NCCOCC(=O)N[C@H](CCCCN)C(N)=O)[C@@H](C)O)NC1=O. The van der Waals surface area contributed by atoms with E-state index in [0.29, 0.717) is 69.0 Å². The van der Waals surface area contributed by atoms with Gasteiger partial charge < -0.3 is 116 Å². The average Bonchev–Trinajstić information content (AvgIpc) is 1.30. The number of nitrogens with one attached hydrogen (secondary N) is 16. The molecule has 0 radical (unpaired) electrons. The Morgan fingerprint density at radius 1 is 0.587 bits per heavy atom. The number of para-hydroxylation sites is 2. The Bertz CT molecular complexity index is 5160. The predicted molar refractivity (Wildman–Crippen MR) is 464 cm³/mol. The van der Waals surface area contributed by atoms with Crippen LogP contribution in [0.25, 0.3) is 21.8 Å². The quantitative estimate of drug-likeness (QED) is 0.0220. The number of hydrogen-bond donors (Lipinski definition) is 21. The first-order valence-electron chi connectivity index (χ1n) is 41.1. The smallest absolute Gasteiger partial charge is 0.305 e. The molecule has 8 aromatic rings. The number of carbonyl (C=O) groups excluding carboxylic acids is 14. The number of aliphatic hydroxyl groups excluding tert-OH is 1. The summed E-state index contributed by atoms with van der Waals surface area (Å²) in [4.78, 5) is 227. The number of aromatic amines is 3. The summed E-state index contributed by atoms with van der Waals surface area (Å²) >= 11 is 1.08. The van der Waals surface area contributed by atoms with Gasteiger partial charge in [0.2, 0.25) is 76.8 Å². The Labute approximate surface area is 729 Å². The number of nitrogens with two attached hydrogens (primary N) is 2. The van der Waals surface area contributed by atoms with E-state index < -0.39 is 191 Å². The standard InChI is InChI=1S/C87H109N19O19S/c1-47(2)72-84(122)106-74(87(5,6)126-45-52-20-10-11-23-59(52)77(115)96-48(3)76(114)98-68(39-71(111)112)81(119)100-66(82(120)104-72)37-54-41-93-61-25-15-13-22-58(54)61)86(124)103-64(35-51-27-29-56(108)30-28-51)79(117)99-65(36-53-40-92-60-24-14-12-21-57(53)60)80(118)101-67(38-55-42-90-46-95-55)83(121)105-73(49(4)107)85(123)102-63(34-50-18-8-7-9-19-50)78(116)94-43-69(109)91-32-33-125-44-70(110)97-62(75(89)113)26-16-17-31-88/h7-15,18-25,27-30,40-42,46-49,62-68,72-74,92-93,107-108H,16-17,26,31-39,43-45,88H2,1-6H3,(H2,89,113)(H,90,95)(H,91,109)(H,94,116)(H,96,115)(H,97,110)(H,98,114)(H,99,117)(H,100,119)(H,101,118)(H,102,123)(H,103,124)(H,104,120)(H,105,121)(H,106,122)(H,111,112)/t48-,49+,62+,63-,64-,65-,66-,67-,68-,72-,73-,74-/m0/s1. The van der Waals surface area contributed by atoms with Crippen LogP contribution in [-0.2, 0) is 110 Å². The Balaban J connectivity index is 0.994. The van der Waals surface area contributed by atoms with E-state index in [1.165, 1.54) is 56.7 Å². The number of nitrogens with zero attached hydrogens (tertiary/aromatic N) is 1. The number of ether oxygens (including phenoxy) is 1. The minimum absolute atomic E-state index is 0.0616. The molecule has 4 heterocycles. The Kier molecular flexibility index (Phi) is 35.4. The molecule has 12 atom stereocenters. The number of aromatic nitrogens is 4. The maximum Gasteiger partial charge on any atom is 0.305 e. The van der Waals surface area contributed by atoms with Gasteiger partial charge in [-0.3, -0.25) is 71.9 Å². The first kappa shape index (κ1) is 96.3. The molecule has 5 aromatic carbocycles. The highest BCUT2D eigenvalue weighted by atomic mass is 32.2. The van der Waals surface area contributed by atoms with Crippen molar-refractivity contribution < 1.29 is 92.0 Å². The molecule has 1 aliphatic rings. The van der Waals surface area contributed by atoms with Gasteiger partial charge in [0, 0.05) is 101 Å². The van der Waals surface area contributed by atoms with Gasteiger partial charge in [-0.15, -0.1) is 11.8 Å². The Morgan fingerprint density at radius 2 is 1.17 bits per heavy atom. The second-order valence-corrected chi connectivity index (χ2v) is 33.1. The van der Waals surface area contributed by atoms with Crippen molar-refractivity contribution in [1.29, 1.82) is 0 Å². The molecule has 672 valence electrons. The molecule has 0 fully saturated rings. The Morgan fingerprint density at radius 3 is 1.80 bits per heavy atom. The van der Waals surface area contributed by atoms with Crippen LogP contribution in [0.5, 0.6) is 5.75 Å². The summed E-state index contributed by atoms with van der Waals surface area (Å²) in [5.74, 6) is -15.4. The van der Waals surface area contributed by atoms with Gasteiger partial charge in [0.05, 0.1) is 32.0 Å². The third kappa shape index (κ3) is 28.3. The van der Waals surface area contributed by atoms with Gasteiger partial charge in [-0.2, -0.15) is 0 Å². The van der Waals surface area contributed by atoms with Crippen molar-refractivity contribution in [1.82, 2.24) is 89.1 Å². The van der Waals surface area contributed by atoms with Crippen LogP contribution < -0.4 is 80.6 Å². The molecule has 39 heteroatoms. The van der Waals surface area contributed by atoms with Crippen LogP contribution in [0.1, 0.15) is 111 Å². The zero-order valence-electron chi connectivity index (χ0n) is 70.4. The largest absolute Gasteiger partial charge is 0.508 e. The van der Waals surface area contributed by atoms with Gasteiger partial charge in [0.25, 0.3) is 5.91 Å². The maximum atomic E-state index is 15.9. The van der Waals surface area contributed by atoms with Gasteiger partial charge in [-0.05, 0) is 118 Å². The lowest BCUT2D eigenvalue weighted by atomic mass is 9.97. The number of primary amides is 1. The fourth-order valence-corrected chi connectivity index (χ4v) is 15.1. The predicted octanol–water partition coefficient (Wildman–Crippen LogP) is -0.342. The molecule has 38 nitrogen and oxygen atoms in total. The van der Waals surface area contributed by atoms with Crippen LogP contribution in [0.3, 0.4) is 0 Å². The number of H-pyrrole nitrogens is 3. The minimum Gasteiger partial charge on any atom is -0.508 e. The highest BCUT2D eigenvalue weighted by Crippen LogP contribution is 2.34. The van der Waals surface area contributed by atoms with Crippen LogP contribution in [0.2, 0.25) is 0 Å². The highest BCUT2D eigenvalue weighted by Gasteiger charge is 2.43. The number of rotatable bonds is 38. The van der Waals surface area contributed by atoms with Crippen molar-refractivity contribution in [3.05, 3.63) is 191 Å². The molecule has 23 N–H and O–H groups in total. The van der Waals surface area contributed by atoms with E-state index >= 15 is 28.8 Å². The number of phenolic OH excluding ortho intramolecular Hbond substituents is 1. The van der Waals surface area contributed by atoms with Crippen LogP contribution in [0, 0.1) is 5.92 Å². The van der Waals surface area contributed by atoms with E-state index in [9.17, 15) is 58.5 Å². The lowest BCUT2D eigenvalue weighted by molar-refractivity contribution is -0.141. The van der Waals surface area contributed by atoms with Crippen molar-refractivity contribution in [2.24, 2.45) is 17.4 Å². The molecule has 0 unspecified atom stereocenters. The van der Waals surface area contributed by atoms with Crippen molar-refractivity contribution >= 4 is 122 Å². The molecule has 0 aliphatic carbocycles. The van der Waals surface area contributed by atoms with Gasteiger partial charge in [0.1, 0.15) is 78.8 Å². The number of carboxylic acids is 1. The normalized spacial score (nSPS) is 18.1. The molecule has 1 aliphatic heterocycles. The lowest BCUT2D eigenvalue weighted by Crippen LogP contribution is -2.64. The molecular weight excluding hydrogens is 1650 g/mol. The number of imidazole rings is 1. The third-order valence-corrected chi connectivity index (χ3v) is 22.5. The number of hydrogen-bond acceptors (Lipinski definition) is 21. The molecule has 0 saturated heterocycles. The summed E-state index contributed by atoms with van der Waals surface area (Å²) in [6.07, 6.45) is 3.17. The van der Waals surface area contributed by atoms with Crippen molar-refractivity contribution in [2.75, 3.05) is 32.8 Å². The summed E-state index contributed by atoms with van der Waals surface area (Å²) in [6.45, 7) is 7.97. The summed E-state index contributed by atoms with van der Waals surface area (Å²) in [5.41, 5.74) is 14.8. The molecule has 0 spiro atoms. The maximum absolute atomic E-state index is 15.9. The topological polar surface area (TPSA) is 595 Å². The molecule has 0 saturated carbocycles. The molecular formula is C87H109N19O19S. The monoisotopic (exact) mass is 1760 g/mol. The fraction of sp³-hybridized carbons (Fsp3) is 0.402. The summed E-state index contributed by atoms with van der Waals surface area (Å²) in [7, 11) is 0. The second kappa shape index (κ2) is 46.3. The number of thioether (sulfide) groups is 1. The Hall–Kier alpha value is -13.5. The summed E-state index contributed by atoms with van der Waals surface area (Å²) in [6, 6.07) is 17.1. The van der Waals surface area contributed by atoms with Crippen molar-refractivity contribution in [2.45, 2.75) is 182 Å². The number of amides is 14. The van der Waals surface area contributed by atoms with E-state index in [4.69, 9.17) is 16.2 Å². The van der Waals surface area contributed by atoms with Gasteiger partial charge in [0.15, 0.2) is 0 Å². The van der Waals surface area contributed by atoms with E-state index in [1.54, 1.807) is 137 Å². The number of aliphatic hydroxyl groups is 1. The third-order valence-electron chi connectivity index (χ3n) is 21.0. The van der Waals surface area contributed by atoms with E-state index in [1.807, 2.05) is 0 Å². The van der Waals surface area contributed by atoms with Crippen LogP contribution in [0.4, 0.5) is 0 Å². The number of fused-ring (bicyclic) bond motifs is 3. The number of benzene rings is 5. The summed E-state index contributed by atoms with van der Waals surface area (Å²) < 4.78 is 3.87. The van der Waals surface area contributed by atoms with E-state index in [0.717, 1.165) is 11.8 Å². The zero-order valence-corrected chi connectivity index (χ0v) is 71.2. The molecule has 0 bridgehead atoms. The number of aliphatic carboxylic acids is 1. The van der Waals surface area contributed by atoms with Gasteiger partial charge in [-0.1, -0.05) is 111 Å². The van der Waals surface area contributed by atoms with Crippen LogP contribution in [0.15, 0.2) is 152 Å². The number of phenols is 1. The number of unbranched alkanes of at least 4 members (excludes halogenated alkanes) is 1. The number of carbonyl (C=O) groups is 15. The minimum atomic E-state index is -1.86. The highest BCUT2D eigenvalue weighted by molar-refractivity contribution is 7.99. The molecule has 126 heavy (non-hydrogen) atoms.